The Kier molecular flexibility index (Phi) is 3.53. The van der Waals surface area contributed by atoms with Crippen LogP contribution in [-0.4, -0.2) is 33.7 Å². The van der Waals surface area contributed by atoms with Crippen LogP contribution in [-0.2, 0) is 0 Å². The van der Waals surface area contributed by atoms with E-state index in [2.05, 4.69) is 5.10 Å². The third-order valence-electron chi connectivity index (χ3n) is 4.15. The maximum atomic E-state index is 12.7. The number of aromatic nitrogens is 2. The summed E-state index contributed by atoms with van der Waals surface area (Å²) in [7, 11) is 0. The highest BCUT2D eigenvalue weighted by atomic mass is 32.1. The summed E-state index contributed by atoms with van der Waals surface area (Å²) in [5.74, 6) is 1.80. The van der Waals surface area contributed by atoms with Crippen molar-refractivity contribution in [2.24, 2.45) is 0 Å². The van der Waals surface area contributed by atoms with Crippen molar-refractivity contribution in [3.8, 4) is 10.6 Å². The third-order valence-corrected chi connectivity index (χ3v) is 5.24. The SMILES string of the molecule is Cc1ccc(-c2ccc(C(=O)N3CCC(n4cccn4)C3)s2)o1. The molecule has 0 aromatic carbocycles. The van der Waals surface area contributed by atoms with Gasteiger partial charge >= 0.3 is 0 Å². The normalized spacial score (nSPS) is 17.8. The molecule has 1 saturated heterocycles. The second-order valence-electron chi connectivity index (χ2n) is 5.75. The average Bonchev–Trinajstić information content (AvgIpc) is 3.31. The molecule has 1 atom stereocenters. The summed E-state index contributed by atoms with van der Waals surface area (Å²) in [6.45, 7) is 3.41. The first-order chi connectivity index (χ1) is 11.2. The third kappa shape index (κ3) is 2.70. The van der Waals surface area contributed by atoms with E-state index in [-0.39, 0.29) is 11.9 Å². The van der Waals surface area contributed by atoms with Gasteiger partial charge in [-0.1, -0.05) is 0 Å². The molecule has 3 aromatic heterocycles. The minimum atomic E-state index is 0.0965. The first kappa shape index (κ1) is 14.3. The predicted octanol–water partition coefficient (Wildman–Crippen LogP) is 3.60. The number of carbonyl (C=O) groups is 1. The van der Waals surface area contributed by atoms with Crippen molar-refractivity contribution in [2.45, 2.75) is 19.4 Å². The van der Waals surface area contributed by atoms with Crippen LogP contribution in [0.15, 0.2) is 47.1 Å². The van der Waals surface area contributed by atoms with Gasteiger partial charge in [-0.05, 0) is 43.7 Å². The lowest BCUT2D eigenvalue weighted by Gasteiger charge is -2.15. The first-order valence-electron chi connectivity index (χ1n) is 7.66. The van der Waals surface area contributed by atoms with Crippen molar-refractivity contribution in [3.05, 3.63) is 53.4 Å². The molecule has 1 aliphatic heterocycles. The standard InChI is InChI=1S/C17H17N3O2S/c1-12-3-4-14(22-12)15-5-6-16(23-15)17(21)19-10-7-13(11-19)20-9-2-8-18-20/h2-6,8-9,13H,7,10-11H2,1H3. The zero-order chi connectivity index (χ0) is 15.8. The molecule has 0 N–H and O–H groups in total. The summed E-state index contributed by atoms with van der Waals surface area (Å²) in [6, 6.07) is 9.92. The summed E-state index contributed by atoms with van der Waals surface area (Å²) in [5.41, 5.74) is 0. The molecule has 0 spiro atoms. The number of thiophene rings is 1. The van der Waals surface area contributed by atoms with Crippen LogP contribution in [0, 0.1) is 6.92 Å². The number of carbonyl (C=O) groups excluding carboxylic acids is 1. The van der Waals surface area contributed by atoms with E-state index >= 15 is 0 Å². The smallest absolute Gasteiger partial charge is 0.264 e. The Morgan fingerprint density at radius 2 is 2.26 bits per heavy atom. The molecule has 4 rings (SSSR count). The second-order valence-corrected chi connectivity index (χ2v) is 6.84. The van der Waals surface area contributed by atoms with Crippen LogP contribution in [0.5, 0.6) is 0 Å². The molecule has 1 unspecified atom stereocenters. The Bertz CT molecular complexity index is 819. The molecule has 3 aromatic rings. The topological polar surface area (TPSA) is 51.3 Å². The fourth-order valence-corrected chi connectivity index (χ4v) is 3.88. The number of amides is 1. The van der Waals surface area contributed by atoms with E-state index < -0.39 is 0 Å². The van der Waals surface area contributed by atoms with Gasteiger partial charge in [0.2, 0.25) is 0 Å². The van der Waals surface area contributed by atoms with Crippen molar-refractivity contribution in [1.82, 2.24) is 14.7 Å². The van der Waals surface area contributed by atoms with Crippen LogP contribution in [0.1, 0.15) is 27.9 Å². The van der Waals surface area contributed by atoms with Gasteiger partial charge < -0.3 is 9.32 Å². The summed E-state index contributed by atoms with van der Waals surface area (Å²) >= 11 is 1.49. The Labute approximate surface area is 138 Å². The highest BCUT2D eigenvalue weighted by Crippen LogP contribution is 2.31. The van der Waals surface area contributed by atoms with E-state index in [1.807, 2.05) is 53.0 Å². The van der Waals surface area contributed by atoms with Gasteiger partial charge in [-0.3, -0.25) is 9.48 Å². The van der Waals surface area contributed by atoms with E-state index in [1.165, 1.54) is 11.3 Å². The summed E-state index contributed by atoms with van der Waals surface area (Å²) < 4.78 is 7.57. The largest absolute Gasteiger partial charge is 0.461 e. The Morgan fingerprint density at radius 3 is 3.00 bits per heavy atom. The van der Waals surface area contributed by atoms with Crippen molar-refractivity contribution in [3.63, 3.8) is 0 Å². The minimum absolute atomic E-state index is 0.0965. The lowest BCUT2D eigenvalue weighted by Crippen LogP contribution is -2.28. The van der Waals surface area contributed by atoms with E-state index in [0.717, 1.165) is 34.2 Å². The van der Waals surface area contributed by atoms with E-state index in [0.29, 0.717) is 6.54 Å². The molecular formula is C17H17N3O2S. The fourth-order valence-electron chi connectivity index (χ4n) is 2.95. The number of furan rings is 1. The van der Waals surface area contributed by atoms with Crippen LogP contribution in [0.4, 0.5) is 0 Å². The first-order valence-corrected chi connectivity index (χ1v) is 8.47. The van der Waals surface area contributed by atoms with E-state index in [9.17, 15) is 4.79 Å². The van der Waals surface area contributed by atoms with Gasteiger partial charge in [-0.25, -0.2) is 0 Å². The van der Waals surface area contributed by atoms with Crippen LogP contribution in [0.2, 0.25) is 0 Å². The summed E-state index contributed by atoms with van der Waals surface area (Å²) in [6.07, 6.45) is 4.69. The van der Waals surface area contributed by atoms with E-state index in [1.54, 1.807) is 6.20 Å². The second kappa shape index (κ2) is 5.70. The molecule has 23 heavy (non-hydrogen) atoms. The van der Waals surface area contributed by atoms with E-state index in [4.69, 9.17) is 4.42 Å². The van der Waals surface area contributed by atoms with Crippen LogP contribution in [0.25, 0.3) is 10.6 Å². The quantitative estimate of drug-likeness (QED) is 0.738. The number of nitrogens with zero attached hydrogens (tertiary/aromatic N) is 3. The van der Waals surface area contributed by atoms with Crippen LogP contribution < -0.4 is 0 Å². The number of hydrogen-bond donors (Lipinski definition) is 0. The summed E-state index contributed by atoms with van der Waals surface area (Å²) in [4.78, 5) is 16.3. The molecule has 1 amide bonds. The molecule has 118 valence electrons. The lowest BCUT2D eigenvalue weighted by atomic mass is 10.3. The predicted molar refractivity (Wildman–Crippen MR) is 88.5 cm³/mol. The van der Waals surface area contributed by atoms with Gasteiger partial charge in [0.15, 0.2) is 0 Å². The van der Waals surface area contributed by atoms with Gasteiger partial charge in [-0.2, -0.15) is 5.10 Å². The maximum absolute atomic E-state index is 12.7. The average molecular weight is 327 g/mol. The van der Waals surface area contributed by atoms with Crippen molar-refractivity contribution in [2.75, 3.05) is 13.1 Å². The zero-order valence-corrected chi connectivity index (χ0v) is 13.6. The Morgan fingerprint density at radius 1 is 1.35 bits per heavy atom. The highest BCUT2D eigenvalue weighted by molar-refractivity contribution is 7.17. The number of rotatable bonds is 3. The minimum Gasteiger partial charge on any atom is -0.461 e. The molecule has 0 saturated carbocycles. The maximum Gasteiger partial charge on any atom is 0.264 e. The molecule has 5 nitrogen and oxygen atoms in total. The van der Waals surface area contributed by atoms with Gasteiger partial charge in [0, 0.05) is 25.5 Å². The van der Waals surface area contributed by atoms with Crippen molar-refractivity contribution < 1.29 is 9.21 Å². The molecule has 0 radical (unpaired) electrons. The zero-order valence-electron chi connectivity index (χ0n) is 12.8. The van der Waals surface area contributed by atoms with Gasteiger partial charge in [0.25, 0.3) is 5.91 Å². The Hall–Kier alpha value is -2.34. The van der Waals surface area contributed by atoms with Gasteiger partial charge in [0.1, 0.15) is 11.5 Å². The molecule has 0 aliphatic carbocycles. The molecule has 4 heterocycles. The van der Waals surface area contributed by atoms with Crippen LogP contribution in [0.3, 0.4) is 0 Å². The molecule has 0 bridgehead atoms. The number of hydrogen-bond acceptors (Lipinski definition) is 4. The van der Waals surface area contributed by atoms with Gasteiger partial charge in [-0.15, -0.1) is 11.3 Å². The number of aryl methyl sites for hydroxylation is 1. The molecule has 1 fully saturated rings. The van der Waals surface area contributed by atoms with Crippen molar-refractivity contribution in [1.29, 1.82) is 0 Å². The molecule has 1 aliphatic rings. The Balaban J connectivity index is 1.48. The van der Waals surface area contributed by atoms with Crippen molar-refractivity contribution >= 4 is 17.2 Å². The molecular weight excluding hydrogens is 310 g/mol. The highest BCUT2D eigenvalue weighted by Gasteiger charge is 2.29. The molecule has 6 heteroatoms. The van der Waals surface area contributed by atoms with Crippen LogP contribution >= 0.6 is 11.3 Å². The van der Waals surface area contributed by atoms with Gasteiger partial charge in [0.05, 0.1) is 15.8 Å². The fraction of sp³-hybridized carbons (Fsp3) is 0.294. The monoisotopic (exact) mass is 327 g/mol. The number of likely N-dealkylation sites (tertiary alicyclic amines) is 1. The summed E-state index contributed by atoms with van der Waals surface area (Å²) in [5, 5.41) is 4.28. The lowest BCUT2D eigenvalue weighted by molar-refractivity contribution is 0.0792.